The summed E-state index contributed by atoms with van der Waals surface area (Å²) in [4.78, 5) is 46.9. The van der Waals surface area contributed by atoms with E-state index in [4.69, 9.17) is 4.98 Å². The Morgan fingerprint density at radius 1 is 0.580 bits per heavy atom. The van der Waals surface area contributed by atoms with Crippen molar-refractivity contribution in [2.75, 3.05) is 28.6 Å². The molecule has 0 radical (unpaired) electrons. The fourth-order valence-electron chi connectivity index (χ4n) is 9.22. The van der Waals surface area contributed by atoms with Gasteiger partial charge in [-0.3, -0.25) is 19.0 Å². The summed E-state index contributed by atoms with van der Waals surface area (Å²) in [7, 11) is 0. The quantitative estimate of drug-likeness (QED) is 0.148. The number of hydrogen-bond acceptors (Lipinski definition) is 7. The van der Waals surface area contributed by atoms with Gasteiger partial charge < -0.3 is 19.9 Å². The first kappa shape index (κ1) is 44.8. The van der Waals surface area contributed by atoms with Crippen molar-refractivity contribution in [3.05, 3.63) is 186 Å². The van der Waals surface area contributed by atoms with Gasteiger partial charge >= 0.3 is 0 Å². The van der Waals surface area contributed by atoms with Crippen LogP contribution >= 0.6 is 0 Å². The van der Waals surface area contributed by atoms with E-state index < -0.39 is 11.6 Å². The maximum absolute atomic E-state index is 14.5. The number of rotatable bonds is 9. The molecule has 11 rings (SSSR count). The molecule has 0 unspecified atom stereocenters. The highest BCUT2D eigenvalue weighted by Crippen LogP contribution is 2.36. The summed E-state index contributed by atoms with van der Waals surface area (Å²) < 4.78 is 32.3. The Hall–Kier alpha value is -8.06. The van der Waals surface area contributed by atoms with Crippen LogP contribution in [-0.2, 0) is 0 Å². The lowest BCUT2D eigenvalue weighted by Gasteiger charge is -2.33. The van der Waals surface area contributed by atoms with E-state index in [1.54, 1.807) is 29.1 Å². The minimum Gasteiger partial charge on any atom is -0.356 e. The van der Waals surface area contributed by atoms with Crippen molar-refractivity contribution < 1.29 is 18.4 Å². The molecule has 2 aliphatic rings. The standard InChI is InChI=1S/C29H23F2N5O.C27H28N4O/c1-18-8-10-20(11-9-18)34-29(37)23-15-19(16-32-27(23)35-12-4-13-35)21-6-3-14-36-25(21)17-33-28(36)22-5-2-7-24(30)26(22)31;1-18-10-12-22(13-11-18)30-27(32)24-15-21(16-28-19(24)2)23-9-6-14-31-25(23)17-29-26(31)20-7-4-3-5-8-20/h2-3,5-11,14-17H,4,12-13H2,1H3,(H,34,37);6,9-17,20H,3-5,7-8H2,1-2H3,(H,30,32). The van der Waals surface area contributed by atoms with Gasteiger partial charge in [0.1, 0.15) is 17.5 Å². The molecule has 6 aromatic heterocycles. The summed E-state index contributed by atoms with van der Waals surface area (Å²) in [5.74, 6) is 0.329. The van der Waals surface area contributed by atoms with Gasteiger partial charge in [-0.25, -0.2) is 23.7 Å². The molecule has 2 fully saturated rings. The highest BCUT2D eigenvalue weighted by atomic mass is 19.2. The van der Waals surface area contributed by atoms with Crippen molar-refractivity contribution >= 4 is 40.0 Å². The Morgan fingerprint density at radius 2 is 1.14 bits per heavy atom. The van der Waals surface area contributed by atoms with Gasteiger partial charge in [0.15, 0.2) is 11.6 Å². The summed E-state index contributed by atoms with van der Waals surface area (Å²) in [6.45, 7) is 7.58. The third-order valence-electron chi connectivity index (χ3n) is 13.2. The molecular weight excluding hydrogens is 869 g/mol. The van der Waals surface area contributed by atoms with Gasteiger partial charge in [0, 0.05) is 77.4 Å². The zero-order valence-corrected chi connectivity index (χ0v) is 38.7. The van der Waals surface area contributed by atoms with E-state index in [-0.39, 0.29) is 23.2 Å². The van der Waals surface area contributed by atoms with Crippen LogP contribution in [0.1, 0.15) is 87.8 Å². The Labute approximate surface area is 399 Å². The molecule has 9 aromatic rings. The van der Waals surface area contributed by atoms with Gasteiger partial charge in [-0.1, -0.05) is 72.9 Å². The molecule has 0 bridgehead atoms. The molecule has 1 saturated heterocycles. The molecule has 3 aromatic carbocycles. The summed E-state index contributed by atoms with van der Waals surface area (Å²) in [5.41, 5.74) is 10.8. The van der Waals surface area contributed by atoms with E-state index >= 15 is 0 Å². The molecule has 346 valence electrons. The predicted molar refractivity (Wildman–Crippen MR) is 268 cm³/mol. The number of carbonyl (C=O) groups is 2. The van der Waals surface area contributed by atoms with Crippen molar-refractivity contribution in [3.63, 3.8) is 0 Å². The number of hydrogen-bond donors (Lipinski definition) is 2. The summed E-state index contributed by atoms with van der Waals surface area (Å²) in [6, 6.07) is 31.1. The van der Waals surface area contributed by atoms with Crippen LogP contribution in [0.3, 0.4) is 0 Å². The first-order chi connectivity index (χ1) is 33.6. The number of carbonyl (C=O) groups excluding carboxylic acids is 2. The highest BCUT2D eigenvalue weighted by Gasteiger charge is 2.25. The fourth-order valence-corrected chi connectivity index (χ4v) is 9.22. The zero-order chi connectivity index (χ0) is 47.6. The lowest BCUT2D eigenvalue weighted by Crippen LogP contribution is -2.39. The minimum atomic E-state index is -0.948. The van der Waals surface area contributed by atoms with Crippen molar-refractivity contribution in [1.82, 2.24) is 28.7 Å². The topological polar surface area (TPSA) is 122 Å². The monoisotopic (exact) mass is 919 g/mol. The Morgan fingerprint density at radius 3 is 1.78 bits per heavy atom. The third-order valence-corrected chi connectivity index (χ3v) is 13.2. The molecular formula is C56H51F2N9O2. The van der Waals surface area contributed by atoms with Gasteiger partial charge in [-0.15, -0.1) is 0 Å². The molecule has 0 atom stereocenters. The number of pyridine rings is 4. The van der Waals surface area contributed by atoms with Gasteiger partial charge in [0.2, 0.25) is 0 Å². The number of nitrogens with zero attached hydrogens (tertiary/aromatic N) is 7. The predicted octanol–water partition coefficient (Wildman–Crippen LogP) is 12.4. The van der Waals surface area contributed by atoms with Gasteiger partial charge in [-0.2, -0.15) is 0 Å². The van der Waals surface area contributed by atoms with Crippen LogP contribution in [0.2, 0.25) is 0 Å². The Kier molecular flexibility index (Phi) is 12.5. The number of aromatic nitrogens is 6. The van der Waals surface area contributed by atoms with Crippen LogP contribution in [0.4, 0.5) is 26.0 Å². The number of fused-ring (bicyclic) bond motifs is 2. The Balaban J connectivity index is 0.000000162. The van der Waals surface area contributed by atoms with Crippen LogP contribution in [0, 0.1) is 32.4 Å². The van der Waals surface area contributed by atoms with E-state index in [0.29, 0.717) is 39.8 Å². The van der Waals surface area contributed by atoms with Crippen molar-refractivity contribution in [3.8, 4) is 33.6 Å². The molecule has 1 aliphatic carbocycles. The number of amides is 2. The highest BCUT2D eigenvalue weighted by molar-refractivity contribution is 6.09. The van der Waals surface area contributed by atoms with Crippen LogP contribution < -0.4 is 15.5 Å². The molecule has 0 spiro atoms. The minimum absolute atomic E-state index is 0.0709. The fraction of sp³-hybridized carbons (Fsp3) is 0.214. The van der Waals surface area contributed by atoms with Gasteiger partial charge in [-0.05, 0) is 101 Å². The van der Waals surface area contributed by atoms with Crippen LogP contribution in [0.5, 0.6) is 0 Å². The normalized spacial score (nSPS) is 13.7. The molecule has 1 saturated carbocycles. The van der Waals surface area contributed by atoms with E-state index in [1.807, 2.05) is 99.9 Å². The number of nitrogens with one attached hydrogen (secondary N) is 2. The largest absolute Gasteiger partial charge is 0.356 e. The average molecular weight is 920 g/mol. The number of aryl methyl sites for hydroxylation is 3. The molecule has 7 heterocycles. The molecule has 11 nitrogen and oxygen atoms in total. The number of benzene rings is 3. The third kappa shape index (κ3) is 9.19. The van der Waals surface area contributed by atoms with Crippen molar-refractivity contribution in [2.24, 2.45) is 0 Å². The first-order valence-corrected chi connectivity index (χ1v) is 23.4. The SMILES string of the molecule is Cc1ccc(NC(=O)c2cc(-c3cccn4c(-c5cccc(F)c5F)ncc34)cnc2N2CCC2)cc1.Cc1ccc(NC(=O)c2cc(-c3cccn4c(C5CCCCC5)ncc34)cnc2C)cc1. The van der Waals surface area contributed by atoms with Gasteiger partial charge in [0.05, 0.1) is 45.8 Å². The number of halogens is 2. The zero-order valence-electron chi connectivity index (χ0n) is 38.7. The molecule has 2 N–H and O–H groups in total. The van der Waals surface area contributed by atoms with E-state index in [0.717, 1.165) is 76.0 Å². The second kappa shape index (κ2) is 19.3. The van der Waals surface area contributed by atoms with E-state index in [1.165, 1.54) is 44.2 Å². The smallest absolute Gasteiger partial charge is 0.259 e. The second-order valence-corrected chi connectivity index (χ2v) is 17.9. The first-order valence-electron chi connectivity index (χ1n) is 23.4. The van der Waals surface area contributed by atoms with Crippen LogP contribution in [-0.4, -0.2) is 53.6 Å². The summed E-state index contributed by atoms with van der Waals surface area (Å²) >= 11 is 0. The maximum Gasteiger partial charge on any atom is 0.259 e. The maximum atomic E-state index is 14.5. The van der Waals surface area contributed by atoms with Crippen LogP contribution in [0.15, 0.2) is 140 Å². The van der Waals surface area contributed by atoms with E-state index in [9.17, 15) is 18.4 Å². The van der Waals surface area contributed by atoms with E-state index in [2.05, 4.69) is 53.2 Å². The second-order valence-electron chi connectivity index (χ2n) is 17.9. The summed E-state index contributed by atoms with van der Waals surface area (Å²) in [6.07, 6.45) is 18.4. The number of anilines is 3. The van der Waals surface area contributed by atoms with Crippen molar-refractivity contribution in [1.29, 1.82) is 0 Å². The lowest BCUT2D eigenvalue weighted by atomic mass is 9.89. The van der Waals surface area contributed by atoms with Crippen LogP contribution in [0.25, 0.3) is 44.7 Å². The molecule has 13 heteroatoms. The van der Waals surface area contributed by atoms with Gasteiger partial charge in [0.25, 0.3) is 11.8 Å². The summed E-state index contributed by atoms with van der Waals surface area (Å²) in [5, 5.41) is 5.97. The van der Waals surface area contributed by atoms with Crippen molar-refractivity contribution in [2.45, 2.75) is 65.2 Å². The Bertz CT molecular complexity index is 3350. The molecule has 2 amide bonds. The lowest BCUT2D eigenvalue weighted by molar-refractivity contribution is 0.101. The number of imidazole rings is 2. The average Bonchev–Trinajstić information content (AvgIpc) is 3.99. The molecule has 69 heavy (non-hydrogen) atoms. The molecule has 1 aliphatic heterocycles.